The van der Waals surface area contributed by atoms with Crippen molar-refractivity contribution in [3.05, 3.63) is 64.1 Å². The molecule has 0 atom stereocenters. The third-order valence-electron chi connectivity index (χ3n) is 4.10. The monoisotopic (exact) mass is 435 g/mol. The minimum Gasteiger partial charge on any atom is -0.452 e. The number of carbonyl (C=O) groups is 1. The molecule has 0 fully saturated rings. The average Bonchev–Trinajstić information content (AvgIpc) is 3.46. The van der Waals surface area contributed by atoms with Gasteiger partial charge in [0.1, 0.15) is 5.56 Å². The number of hydrogen-bond acceptors (Lipinski definition) is 8. The Labute approximate surface area is 170 Å². The summed E-state index contributed by atoms with van der Waals surface area (Å²) in [5, 5.41) is 11.6. The minimum atomic E-state index is -4.49. The van der Waals surface area contributed by atoms with Crippen molar-refractivity contribution in [2.24, 2.45) is 0 Å². The molecule has 0 saturated heterocycles. The Morgan fingerprint density at radius 1 is 1.27 bits per heavy atom. The Kier molecular flexibility index (Phi) is 5.08. The second-order valence-electron chi connectivity index (χ2n) is 6.06. The maximum absolute atomic E-state index is 12.7. The molecule has 4 heterocycles. The van der Waals surface area contributed by atoms with Crippen LogP contribution in [0.5, 0.6) is 0 Å². The lowest BCUT2D eigenvalue weighted by molar-refractivity contribution is -0.137. The van der Waals surface area contributed by atoms with Crippen molar-refractivity contribution in [1.29, 1.82) is 0 Å². The highest BCUT2D eigenvalue weighted by Gasteiger charge is 2.31. The summed E-state index contributed by atoms with van der Waals surface area (Å²) in [6.07, 6.45) is -2.53. The van der Waals surface area contributed by atoms with Gasteiger partial charge in [0.05, 0.1) is 17.5 Å². The van der Waals surface area contributed by atoms with Gasteiger partial charge in [-0.2, -0.15) is 34.6 Å². The Morgan fingerprint density at radius 2 is 2.10 bits per heavy atom. The summed E-state index contributed by atoms with van der Waals surface area (Å²) in [6, 6.07) is 3.89. The summed E-state index contributed by atoms with van der Waals surface area (Å²) in [5.74, 6) is -0.0449. The first-order valence-corrected chi connectivity index (χ1v) is 9.38. The van der Waals surface area contributed by atoms with Gasteiger partial charge in [-0.1, -0.05) is 5.16 Å². The van der Waals surface area contributed by atoms with Crippen LogP contribution in [0.2, 0.25) is 0 Å². The molecule has 0 aromatic carbocycles. The van der Waals surface area contributed by atoms with Crippen molar-refractivity contribution in [2.75, 3.05) is 0 Å². The first kappa shape index (κ1) is 19.8. The van der Waals surface area contributed by atoms with Crippen molar-refractivity contribution in [3.63, 3.8) is 0 Å². The molecule has 0 amide bonds. The van der Waals surface area contributed by atoms with Crippen LogP contribution in [0.25, 0.3) is 17.2 Å². The second kappa shape index (κ2) is 7.71. The number of rotatable bonds is 5. The number of ether oxygens (including phenoxy) is 1. The summed E-state index contributed by atoms with van der Waals surface area (Å²) >= 11 is 1.49. The molecule has 0 bridgehead atoms. The van der Waals surface area contributed by atoms with Gasteiger partial charge in [0, 0.05) is 17.1 Å². The van der Waals surface area contributed by atoms with Crippen LogP contribution >= 0.6 is 11.3 Å². The zero-order chi connectivity index (χ0) is 21.3. The van der Waals surface area contributed by atoms with Crippen LogP contribution in [0.4, 0.5) is 13.2 Å². The number of nitrogens with zero attached hydrogens (tertiary/aromatic N) is 5. The normalized spacial score (nSPS) is 11.6. The quantitative estimate of drug-likeness (QED) is 0.436. The van der Waals surface area contributed by atoms with Gasteiger partial charge < -0.3 is 9.26 Å². The molecule has 0 radical (unpaired) electrons. The number of esters is 1. The lowest BCUT2D eigenvalue weighted by atomic mass is 10.2. The van der Waals surface area contributed by atoms with E-state index in [1.165, 1.54) is 28.3 Å². The number of pyridine rings is 1. The molecule has 4 rings (SSSR count). The zero-order valence-electron chi connectivity index (χ0n) is 15.3. The van der Waals surface area contributed by atoms with Crippen LogP contribution in [0.1, 0.15) is 27.5 Å². The fourth-order valence-electron chi connectivity index (χ4n) is 2.55. The van der Waals surface area contributed by atoms with Crippen molar-refractivity contribution in [1.82, 2.24) is 24.9 Å². The summed E-state index contributed by atoms with van der Waals surface area (Å²) in [7, 11) is 0. The molecule has 0 spiro atoms. The number of alkyl halides is 3. The van der Waals surface area contributed by atoms with Crippen LogP contribution in [0.3, 0.4) is 0 Å². The van der Waals surface area contributed by atoms with Crippen LogP contribution in [-0.4, -0.2) is 30.9 Å². The molecule has 0 aliphatic rings. The van der Waals surface area contributed by atoms with Gasteiger partial charge in [0.15, 0.2) is 12.4 Å². The Balaban J connectivity index is 1.45. The van der Waals surface area contributed by atoms with E-state index in [4.69, 9.17) is 9.26 Å². The van der Waals surface area contributed by atoms with E-state index in [0.29, 0.717) is 17.7 Å². The van der Waals surface area contributed by atoms with E-state index in [2.05, 4.69) is 20.2 Å². The number of carbonyl (C=O) groups excluding carboxylic acids is 1. The lowest BCUT2D eigenvalue weighted by Crippen LogP contribution is -2.09. The van der Waals surface area contributed by atoms with Gasteiger partial charge in [-0.25, -0.2) is 14.5 Å². The molecule has 0 saturated carbocycles. The van der Waals surface area contributed by atoms with Gasteiger partial charge in [0.25, 0.3) is 5.89 Å². The lowest BCUT2D eigenvalue weighted by Gasteiger charge is -2.08. The SMILES string of the molecule is Cc1c(C(=O)OCc2nc(-c3ccsc3)no2)cnn1-c1ccc(C(F)(F)F)cn1. The highest BCUT2D eigenvalue weighted by molar-refractivity contribution is 7.08. The molecule has 30 heavy (non-hydrogen) atoms. The van der Waals surface area contributed by atoms with Crippen LogP contribution < -0.4 is 0 Å². The predicted molar refractivity (Wildman–Crippen MR) is 97.8 cm³/mol. The summed E-state index contributed by atoms with van der Waals surface area (Å²) < 4.78 is 49.5. The molecule has 4 aromatic heterocycles. The smallest absolute Gasteiger partial charge is 0.417 e. The molecule has 0 N–H and O–H groups in total. The summed E-state index contributed by atoms with van der Waals surface area (Å²) in [6.45, 7) is 1.34. The zero-order valence-corrected chi connectivity index (χ0v) is 16.1. The molecular weight excluding hydrogens is 423 g/mol. The van der Waals surface area contributed by atoms with E-state index >= 15 is 0 Å². The van der Waals surface area contributed by atoms with Crippen molar-refractivity contribution < 1.29 is 27.2 Å². The number of halogens is 3. The fourth-order valence-corrected chi connectivity index (χ4v) is 3.18. The van der Waals surface area contributed by atoms with Crippen molar-refractivity contribution in [3.8, 4) is 17.2 Å². The minimum absolute atomic E-state index is 0.124. The van der Waals surface area contributed by atoms with E-state index in [0.717, 1.165) is 11.6 Å². The summed E-state index contributed by atoms with van der Waals surface area (Å²) in [4.78, 5) is 20.3. The van der Waals surface area contributed by atoms with Gasteiger partial charge >= 0.3 is 12.1 Å². The topological polar surface area (TPSA) is 95.9 Å². The maximum Gasteiger partial charge on any atom is 0.417 e. The second-order valence-corrected chi connectivity index (χ2v) is 6.84. The molecule has 4 aromatic rings. The predicted octanol–water partition coefficient (Wildman–Crippen LogP) is 4.06. The third-order valence-corrected chi connectivity index (χ3v) is 4.78. The van der Waals surface area contributed by atoms with Gasteiger partial charge in [0.2, 0.25) is 5.82 Å². The first-order chi connectivity index (χ1) is 14.3. The van der Waals surface area contributed by atoms with E-state index in [1.807, 2.05) is 16.8 Å². The highest BCUT2D eigenvalue weighted by Crippen LogP contribution is 2.29. The van der Waals surface area contributed by atoms with Crippen LogP contribution in [-0.2, 0) is 17.5 Å². The average molecular weight is 435 g/mol. The molecule has 0 aliphatic heterocycles. The number of hydrogen-bond donors (Lipinski definition) is 0. The van der Waals surface area contributed by atoms with Crippen molar-refractivity contribution in [2.45, 2.75) is 19.7 Å². The van der Waals surface area contributed by atoms with E-state index in [-0.39, 0.29) is 23.9 Å². The van der Waals surface area contributed by atoms with Gasteiger partial charge in [-0.05, 0) is 30.5 Å². The maximum atomic E-state index is 12.7. The first-order valence-electron chi connectivity index (χ1n) is 8.43. The Morgan fingerprint density at radius 3 is 2.77 bits per heavy atom. The number of aromatic nitrogens is 5. The van der Waals surface area contributed by atoms with Crippen LogP contribution in [0, 0.1) is 6.92 Å². The van der Waals surface area contributed by atoms with Crippen molar-refractivity contribution >= 4 is 17.3 Å². The van der Waals surface area contributed by atoms with Gasteiger partial charge in [-0.15, -0.1) is 0 Å². The molecule has 8 nitrogen and oxygen atoms in total. The summed E-state index contributed by atoms with van der Waals surface area (Å²) in [5.41, 5.74) is 0.408. The van der Waals surface area contributed by atoms with Crippen LogP contribution in [0.15, 0.2) is 45.9 Å². The molecule has 0 aliphatic carbocycles. The number of thiophene rings is 1. The van der Waals surface area contributed by atoms with E-state index < -0.39 is 17.7 Å². The van der Waals surface area contributed by atoms with Gasteiger partial charge in [-0.3, -0.25) is 0 Å². The molecular formula is C18H12F3N5O3S. The fraction of sp³-hybridized carbons (Fsp3) is 0.167. The van der Waals surface area contributed by atoms with E-state index in [9.17, 15) is 18.0 Å². The molecule has 154 valence electrons. The highest BCUT2D eigenvalue weighted by atomic mass is 32.1. The Bertz CT molecular complexity index is 1170. The van der Waals surface area contributed by atoms with E-state index in [1.54, 1.807) is 6.92 Å². The molecule has 0 unspecified atom stereocenters. The standard InChI is InChI=1S/C18H12F3N5O3S/c1-10-13(7-23-26(10)14-3-2-12(6-22-14)18(19,20)21)17(27)28-8-15-24-16(25-29-15)11-4-5-30-9-11/h2-7,9H,8H2,1H3. The Hall–Kier alpha value is -3.54. The largest absolute Gasteiger partial charge is 0.452 e. The molecule has 12 heteroatoms. The third kappa shape index (κ3) is 3.94.